The molecule has 0 aliphatic carbocycles. The molecule has 0 amide bonds. The second-order valence-corrected chi connectivity index (χ2v) is 4.30. The minimum atomic E-state index is -0.417. The second-order valence-electron chi connectivity index (χ2n) is 3.86. The van der Waals surface area contributed by atoms with E-state index in [0.29, 0.717) is 11.6 Å². The van der Waals surface area contributed by atoms with E-state index < -0.39 is 5.82 Å². The van der Waals surface area contributed by atoms with E-state index >= 15 is 0 Å². The van der Waals surface area contributed by atoms with Crippen LogP contribution in [-0.2, 0) is 4.74 Å². The van der Waals surface area contributed by atoms with Gasteiger partial charge in [-0.25, -0.2) is 9.37 Å². The standard InChI is InChI=1S/C11H15ClFN3O/c12-9-7-10(13)11(15-8-9)14-1-2-16-3-5-17-6-4-16/h7-8H,1-6H2,(H,14,15). The van der Waals surface area contributed by atoms with Crippen molar-refractivity contribution in [2.24, 2.45) is 0 Å². The average Bonchev–Trinajstić information content (AvgIpc) is 2.33. The summed E-state index contributed by atoms with van der Waals surface area (Å²) in [6.07, 6.45) is 1.43. The van der Waals surface area contributed by atoms with Gasteiger partial charge in [0.15, 0.2) is 11.6 Å². The van der Waals surface area contributed by atoms with Gasteiger partial charge in [0.05, 0.1) is 18.2 Å². The van der Waals surface area contributed by atoms with Crippen LogP contribution >= 0.6 is 11.6 Å². The molecule has 1 aliphatic rings. The molecule has 0 unspecified atom stereocenters. The lowest BCUT2D eigenvalue weighted by molar-refractivity contribution is 0.0398. The lowest BCUT2D eigenvalue weighted by atomic mass is 10.4. The molecule has 0 radical (unpaired) electrons. The molecule has 1 saturated heterocycles. The van der Waals surface area contributed by atoms with Crippen LogP contribution in [0.5, 0.6) is 0 Å². The van der Waals surface area contributed by atoms with E-state index in [2.05, 4.69) is 15.2 Å². The SMILES string of the molecule is Fc1cc(Cl)cnc1NCCN1CCOCC1. The van der Waals surface area contributed by atoms with E-state index in [0.717, 1.165) is 32.8 Å². The van der Waals surface area contributed by atoms with Crippen molar-refractivity contribution in [2.75, 3.05) is 44.7 Å². The molecule has 94 valence electrons. The van der Waals surface area contributed by atoms with Crippen LogP contribution in [0, 0.1) is 5.82 Å². The van der Waals surface area contributed by atoms with Crippen molar-refractivity contribution < 1.29 is 9.13 Å². The van der Waals surface area contributed by atoms with E-state index in [1.54, 1.807) is 0 Å². The van der Waals surface area contributed by atoms with Crippen molar-refractivity contribution in [3.63, 3.8) is 0 Å². The van der Waals surface area contributed by atoms with Crippen LogP contribution in [0.4, 0.5) is 10.2 Å². The number of aromatic nitrogens is 1. The fourth-order valence-electron chi connectivity index (χ4n) is 1.70. The van der Waals surface area contributed by atoms with E-state index in [1.807, 2.05) is 0 Å². The highest BCUT2D eigenvalue weighted by molar-refractivity contribution is 6.30. The quantitative estimate of drug-likeness (QED) is 0.892. The number of hydrogen-bond acceptors (Lipinski definition) is 4. The third-order valence-corrected chi connectivity index (χ3v) is 2.84. The van der Waals surface area contributed by atoms with E-state index in [4.69, 9.17) is 16.3 Å². The fourth-order valence-corrected chi connectivity index (χ4v) is 1.85. The van der Waals surface area contributed by atoms with Crippen molar-refractivity contribution in [1.82, 2.24) is 9.88 Å². The predicted octanol–water partition coefficient (Wildman–Crippen LogP) is 1.62. The molecule has 4 nitrogen and oxygen atoms in total. The van der Waals surface area contributed by atoms with Crippen molar-refractivity contribution in [3.05, 3.63) is 23.1 Å². The zero-order chi connectivity index (χ0) is 12.1. The first-order valence-electron chi connectivity index (χ1n) is 5.61. The van der Waals surface area contributed by atoms with Gasteiger partial charge in [-0.05, 0) is 6.07 Å². The number of morpholine rings is 1. The fraction of sp³-hybridized carbons (Fsp3) is 0.545. The maximum atomic E-state index is 13.4. The Morgan fingerprint density at radius 2 is 2.24 bits per heavy atom. The van der Waals surface area contributed by atoms with Gasteiger partial charge >= 0.3 is 0 Å². The summed E-state index contributed by atoms with van der Waals surface area (Å²) in [7, 11) is 0. The Balaban J connectivity index is 1.77. The van der Waals surface area contributed by atoms with Crippen molar-refractivity contribution in [2.45, 2.75) is 0 Å². The summed E-state index contributed by atoms with van der Waals surface area (Å²) in [5.74, 6) is -0.165. The number of rotatable bonds is 4. The van der Waals surface area contributed by atoms with Crippen LogP contribution in [0.2, 0.25) is 5.02 Å². The lowest BCUT2D eigenvalue weighted by Gasteiger charge is -2.26. The largest absolute Gasteiger partial charge is 0.379 e. The number of pyridine rings is 1. The third-order valence-electron chi connectivity index (χ3n) is 2.63. The Bertz CT molecular complexity index is 372. The maximum absolute atomic E-state index is 13.4. The zero-order valence-corrected chi connectivity index (χ0v) is 10.2. The highest BCUT2D eigenvalue weighted by Crippen LogP contribution is 2.15. The smallest absolute Gasteiger partial charge is 0.166 e. The highest BCUT2D eigenvalue weighted by Gasteiger charge is 2.10. The van der Waals surface area contributed by atoms with E-state index in [1.165, 1.54) is 12.3 Å². The molecule has 1 aromatic heterocycles. The Morgan fingerprint density at radius 3 is 2.94 bits per heavy atom. The summed E-state index contributed by atoms with van der Waals surface area (Å²) in [6.45, 7) is 4.91. The van der Waals surface area contributed by atoms with Crippen LogP contribution in [0.3, 0.4) is 0 Å². The van der Waals surface area contributed by atoms with Gasteiger partial charge in [0, 0.05) is 32.4 Å². The Hall–Kier alpha value is -0.910. The molecule has 1 aliphatic heterocycles. The topological polar surface area (TPSA) is 37.4 Å². The van der Waals surface area contributed by atoms with Gasteiger partial charge < -0.3 is 10.1 Å². The highest BCUT2D eigenvalue weighted by atomic mass is 35.5. The monoisotopic (exact) mass is 259 g/mol. The van der Waals surface area contributed by atoms with Gasteiger partial charge in [-0.2, -0.15) is 0 Å². The zero-order valence-electron chi connectivity index (χ0n) is 9.46. The Labute approximate surface area is 105 Å². The molecule has 0 atom stereocenters. The van der Waals surface area contributed by atoms with Crippen LogP contribution in [0.1, 0.15) is 0 Å². The number of ether oxygens (including phenoxy) is 1. The number of nitrogens with one attached hydrogen (secondary N) is 1. The van der Waals surface area contributed by atoms with E-state index in [9.17, 15) is 4.39 Å². The summed E-state index contributed by atoms with van der Waals surface area (Å²) >= 11 is 5.62. The molecule has 17 heavy (non-hydrogen) atoms. The van der Waals surface area contributed by atoms with Crippen LogP contribution in [0.25, 0.3) is 0 Å². The third kappa shape index (κ3) is 3.80. The molecule has 6 heteroatoms. The van der Waals surface area contributed by atoms with Gasteiger partial charge in [-0.3, -0.25) is 4.90 Å². The molecule has 0 aromatic carbocycles. The molecule has 1 aromatic rings. The van der Waals surface area contributed by atoms with Gasteiger partial charge in [-0.15, -0.1) is 0 Å². The van der Waals surface area contributed by atoms with Crippen LogP contribution < -0.4 is 5.32 Å². The van der Waals surface area contributed by atoms with Gasteiger partial charge in [0.1, 0.15) is 0 Å². The maximum Gasteiger partial charge on any atom is 0.166 e. The predicted molar refractivity (Wildman–Crippen MR) is 65.0 cm³/mol. The number of anilines is 1. The van der Waals surface area contributed by atoms with Crippen LogP contribution in [-0.4, -0.2) is 49.3 Å². The molecule has 0 spiro atoms. The number of nitrogens with zero attached hydrogens (tertiary/aromatic N) is 2. The number of halogens is 2. The Kier molecular flexibility index (Phi) is 4.53. The molecule has 2 rings (SSSR count). The minimum absolute atomic E-state index is 0.252. The van der Waals surface area contributed by atoms with Gasteiger partial charge in [0.25, 0.3) is 0 Å². The van der Waals surface area contributed by atoms with Crippen molar-refractivity contribution in [3.8, 4) is 0 Å². The second kappa shape index (κ2) is 6.14. The summed E-state index contributed by atoms with van der Waals surface area (Å²) in [5.41, 5.74) is 0. The van der Waals surface area contributed by atoms with Crippen LogP contribution in [0.15, 0.2) is 12.3 Å². The van der Waals surface area contributed by atoms with E-state index in [-0.39, 0.29) is 5.82 Å². The Morgan fingerprint density at radius 1 is 1.47 bits per heavy atom. The molecule has 0 bridgehead atoms. The minimum Gasteiger partial charge on any atom is -0.379 e. The van der Waals surface area contributed by atoms with Gasteiger partial charge in [0.2, 0.25) is 0 Å². The summed E-state index contributed by atoms with van der Waals surface area (Å²) in [4.78, 5) is 6.17. The summed E-state index contributed by atoms with van der Waals surface area (Å²) in [6, 6.07) is 1.26. The van der Waals surface area contributed by atoms with Gasteiger partial charge in [-0.1, -0.05) is 11.6 Å². The van der Waals surface area contributed by atoms with Crippen molar-refractivity contribution >= 4 is 17.4 Å². The van der Waals surface area contributed by atoms with Crippen molar-refractivity contribution in [1.29, 1.82) is 0 Å². The molecular weight excluding hydrogens is 245 g/mol. The first-order valence-corrected chi connectivity index (χ1v) is 5.98. The molecule has 1 N–H and O–H groups in total. The average molecular weight is 260 g/mol. The number of hydrogen-bond donors (Lipinski definition) is 1. The molecule has 1 fully saturated rings. The first-order chi connectivity index (χ1) is 8.25. The molecule has 2 heterocycles. The lowest BCUT2D eigenvalue weighted by Crippen LogP contribution is -2.39. The first kappa shape index (κ1) is 12.5. The normalized spacial score (nSPS) is 17.1. The molecule has 0 saturated carbocycles. The summed E-state index contributed by atoms with van der Waals surface area (Å²) in [5, 5.41) is 3.27. The summed E-state index contributed by atoms with van der Waals surface area (Å²) < 4.78 is 18.6. The molecular formula is C11H15ClFN3O.